The number of hydrogen-bond donors (Lipinski definition) is 1. The van der Waals surface area contributed by atoms with Gasteiger partial charge in [0.25, 0.3) is 0 Å². The van der Waals surface area contributed by atoms with E-state index < -0.39 is 0 Å². The summed E-state index contributed by atoms with van der Waals surface area (Å²) in [5.41, 5.74) is 7.44. The first kappa shape index (κ1) is 10.4. The van der Waals surface area contributed by atoms with Crippen molar-refractivity contribution in [3.8, 4) is 11.5 Å². The molecule has 0 saturated heterocycles. The van der Waals surface area contributed by atoms with Crippen LogP contribution < -0.4 is 15.2 Å². The van der Waals surface area contributed by atoms with Crippen LogP contribution in [0.2, 0.25) is 0 Å². The Morgan fingerprint density at radius 3 is 2.21 bits per heavy atom. The molecule has 1 aromatic rings. The van der Waals surface area contributed by atoms with Gasteiger partial charge in [0.1, 0.15) is 0 Å². The summed E-state index contributed by atoms with van der Waals surface area (Å²) in [6, 6.07) is 3.61. The lowest BCUT2D eigenvalue weighted by molar-refractivity contribution is 0.355. The fourth-order valence-corrected chi connectivity index (χ4v) is 1.23. The van der Waals surface area contributed by atoms with E-state index in [0.717, 1.165) is 5.56 Å². The van der Waals surface area contributed by atoms with Crippen LogP contribution in [0.15, 0.2) is 18.2 Å². The average molecular weight is 193 g/mol. The van der Waals surface area contributed by atoms with E-state index in [1.54, 1.807) is 20.3 Å². The third-order valence-electron chi connectivity index (χ3n) is 1.94. The molecule has 0 aromatic heterocycles. The van der Waals surface area contributed by atoms with Crippen LogP contribution in [-0.2, 0) is 0 Å². The molecule has 1 rings (SSSR count). The van der Waals surface area contributed by atoms with Crippen molar-refractivity contribution in [3.63, 3.8) is 0 Å². The summed E-state index contributed by atoms with van der Waals surface area (Å²) in [6.07, 6.45) is 3.86. The highest BCUT2D eigenvalue weighted by Crippen LogP contribution is 2.32. The molecule has 0 atom stereocenters. The molecular weight excluding hydrogens is 178 g/mol. The first-order valence-corrected chi connectivity index (χ1v) is 4.37. The smallest absolute Gasteiger partial charge is 0.162 e. The van der Waals surface area contributed by atoms with Crippen LogP contribution in [0.5, 0.6) is 11.5 Å². The molecule has 0 radical (unpaired) electrons. The van der Waals surface area contributed by atoms with Crippen molar-refractivity contribution < 1.29 is 9.47 Å². The highest BCUT2D eigenvalue weighted by Gasteiger charge is 2.06. The second-order valence-electron chi connectivity index (χ2n) is 2.84. The molecule has 3 heteroatoms. The third kappa shape index (κ3) is 1.99. The topological polar surface area (TPSA) is 44.5 Å². The maximum absolute atomic E-state index is 5.82. The van der Waals surface area contributed by atoms with E-state index in [1.165, 1.54) is 0 Å². The fourth-order valence-electron chi connectivity index (χ4n) is 1.23. The minimum atomic E-state index is 0.651. The van der Waals surface area contributed by atoms with Gasteiger partial charge in [-0.3, -0.25) is 0 Å². The number of nitrogen functional groups attached to an aromatic ring is 1. The number of anilines is 1. The Morgan fingerprint density at radius 1 is 1.14 bits per heavy atom. The van der Waals surface area contributed by atoms with Crippen molar-refractivity contribution in [1.29, 1.82) is 0 Å². The minimum Gasteiger partial charge on any atom is -0.493 e. The van der Waals surface area contributed by atoms with Crippen molar-refractivity contribution in [3.05, 3.63) is 23.8 Å². The lowest BCUT2D eigenvalue weighted by Crippen LogP contribution is -1.95. The molecule has 0 heterocycles. The Kier molecular flexibility index (Phi) is 3.40. The van der Waals surface area contributed by atoms with Gasteiger partial charge in [-0.2, -0.15) is 0 Å². The maximum Gasteiger partial charge on any atom is 0.162 e. The number of hydrogen-bond acceptors (Lipinski definition) is 3. The van der Waals surface area contributed by atoms with E-state index in [4.69, 9.17) is 15.2 Å². The van der Waals surface area contributed by atoms with E-state index >= 15 is 0 Å². The lowest BCUT2D eigenvalue weighted by atomic mass is 10.1. The van der Waals surface area contributed by atoms with Gasteiger partial charge >= 0.3 is 0 Å². The molecule has 0 saturated carbocycles. The summed E-state index contributed by atoms with van der Waals surface area (Å²) in [5, 5.41) is 0. The largest absolute Gasteiger partial charge is 0.493 e. The van der Waals surface area contributed by atoms with E-state index in [2.05, 4.69) is 0 Å². The molecule has 0 fully saturated rings. The lowest BCUT2D eigenvalue weighted by Gasteiger charge is -2.10. The SMILES string of the molecule is C/C=C/c1cc(OC)c(OC)cc1N. The van der Waals surface area contributed by atoms with Gasteiger partial charge < -0.3 is 15.2 Å². The Hall–Kier alpha value is -1.64. The molecule has 0 amide bonds. The zero-order valence-corrected chi connectivity index (χ0v) is 8.70. The first-order valence-electron chi connectivity index (χ1n) is 4.37. The van der Waals surface area contributed by atoms with Crippen LogP contribution in [0, 0.1) is 0 Å². The Labute approximate surface area is 84.1 Å². The highest BCUT2D eigenvalue weighted by atomic mass is 16.5. The van der Waals surface area contributed by atoms with E-state index in [1.807, 2.05) is 25.1 Å². The fraction of sp³-hybridized carbons (Fsp3) is 0.273. The summed E-state index contributed by atoms with van der Waals surface area (Å²) in [7, 11) is 3.19. The molecule has 1 aromatic carbocycles. The Morgan fingerprint density at radius 2 is 1.71 bits per heavy atom. The molecule has 3 nitrogen and oxygen atoms in total. The van der Waals surface area contributed by atoms with Crippen LogP contribution in [0.1, 0.15) is 12.5 Å². The molecule has 2 N–H and O–H groups in total. The quantitative estimate of drug-likeness (QED) is 0.749. The molecule has 0 aliphatic rings. The van der Waals surface area contributed by atoms with Gasteiger partial charge in [-0.25, -0.2) is 0 Å². The van der Waals surface area contributed by atoms with Crippen LogP contribution in [0.4, 0.5) is 5.69 Å². The number of allylic oxidation sites excluding steroid dienone is 1. The number of rotatable bonds is 3. The predicted octanol–water partition coefficient (Wildman–Crippen LogP) is 2.32. The van der Waals surface area contributed by atoms with Crippen molar-refractivity contribution in [2.75, 3.05) is 20.0 Å². The second kappa shape index (κ2) is 4.56. The Bertz CT molecular complexity index is 345. The summed E-state index contributed by atoms with van der Waals surface area (Å²) < 4.78 is 10.3. The van der Waals surface area contributed by atoms with E-state index in [-0.39, 0.29) is 0 Å². The molecule has 0 bridgehead atoms. The summed E-state index contributed by atoms with van der Waals surface area (Å²) in [5.74, 6) is 1.34. The maximum atomic E-state index is 5.82. The van der Waals surface area contributed by atoms with Gasteiger partial charge in [0.2, 0.25) is 0 Å². The Balaban J connectivity index is 3.23. The highest BCUT2D eigenvalue weighted by molar-refractivity contribution is 5.69. The summed E-state index contributed by atoms with van der Waals surface area (Å²) >= 11 is 0. The normalized spacial score (nSPS) is 10.5. The van der Waals surface area contributed by atoms with Crippen molar-refractivity contribution in [1.82, 2.24) is 0 Å². The monoisotopic (exact) mass is 193 g/mol. The molecule has 14 heavy (non-hydrogen) atoms. The molecule has 0 spiro atoms. The summed E-state index contributed by atoms with van der Waals surface area (Å²) in [4.78, 5) is 0. The van der Waals surface area contributed by atoms with Gasteiger partial charge in [0.15, 0.2) is 11.5 Å². The van der Waals surface area contributed by atoms with Gasteiger partial charge in [0.05, 0.1) is 14.2 Å². The number of nitrogens with two attached hydrogens (primary N) is 1. The van der Waals surface area contributed by atoms with E-state index in [0.29, 0.717) is 17.2 Å². The van der Waals surface area contributed by atoms with E-state index in [9.17, 15) is 0 Å². The van der Waals surface area contributed by atoms with Crippen molar-refractivity contribution in [2.24, 2.45) is 0 Å². The van der Waals surface area contributed by atoms with Crippen molar-refractivity contribution >= 4 is 11.8 Å². The average Bonchev–Trinajstić information content (AvgIpc) is 2.20. The van der Waals surface area contributed by atoms with Gasteiger partial charge in [0, 0.05) is 17.3 Å². The number of benzene rings is 1. The number of ether oxygens (including phenoxy) is 2. The van der Waals surface area contributed by atoms with Crippen molar-refractivity contribution in [2.45, 2.75) is 6.92 Å². The zero-order valence-electron chi connectivity index (χ0n) is 8.70. The molecule has 0 aliphatic carbocycles. The predicted molar refractivity (Wildman–Crippen MR) is 58.7 cm³/mol. The zero-order chi connectivity index (χ0) is 10.6. The van der Waals surface area contributed by atoms with Gasteiger partial charge in [-0.1, -0.05) is 12.2 Å². The standard InChI is InChI=1S/C11H15NO2/c1-4-5-8-6-10(13-2)11(14-3)7-9(8)12/h4-7H,12H2,1-3H3/b5-4+. The van der Waals surface area contributed by atoms with Crippen LogP contribution in [-0.4, -0.2) is 14.2 Å². The van der Waals surface area contributed by atoms with Crippen LogP contribution >= 0.6 is 0 Å². The molecule has 76 valence electrons. The molecular formula is C11H15NO2. The third-order valence-corrected chi connectivity index (χ3v) is 1.94. The minimum absolute atomic E-state index is 0.651. The van der Waals surface area contributed by atoms with Crippen LogP contribution in [0.25, 0.3) is 6.08 Å². The number of methoxy groups -OCH3 is 2. The van der Waals surface area contributed by atoms with Crippen LogP contribution in [0.3, 0.4) is 0 Å². The van der Waals surface area contributed by atoms with Gasteiger partial charge in [-0.05, 0) is 13.0 Å². The second-order valence-corrected chi connectivity index (χ2v) is 2.84. The molecule has 0 unspecified atom stereocenters. The molecule has 0 aliphatic heterocycles. The summed E-state index contributed by atoms with van der Waals surface area (Å²) in [6.45, 7) is 1.94. The first-order chi connectivity index (χ1) is 6.72. The van der Waals surface area contributed by atoms with Gasteiger partial charge in [-0.15, -0.1) is 0 Å².